The van der Waals surface area contributed by atoms with Crippen molar-refractivity contribution in [1.82, 2.24) is 10.1 Å². The van der Waals surface area contributed by atoms with Gasteiger partial charge in [-0.3, -0.25) is 4.79 Å². The van der Waals surface area contributed by atoms with Gasteiger partial charge >= 0.3 is 0 Å². The largest absolute Gasteiger partial charge is 0.481 e. The molecule has 0 bridgehead atoms. The quantitative estimate of drug-likeness (QED) is 0.702. The van der Waals surface area contributed by atoms with Crippen LogP contribution in [-0.2, 0) is 6.61 Å². The second-order valence-corrected chi connectivity index (χ2v) is 6.13. The van der Waals surface area contributed by atoms with Gasteiger partial charge in [-0.25, -0.2) is 0 Å². The monoisotopic (exact) mass is 402 g/mol. The number of rotatable bonds is 5. The number of carbonyl (C=O) groups is 1. The van der Waals surface area contributed by atoms with Gasteiger partial charge in [-0.05, 0) is 44.0 Å². The molecule has 1 heterocycles. The highest BCUT2D eigenvalue weighted by Gasteiger charge is 2.13. The number of benzene rings is 1. The van der Waals surface area contributed by atoms with Gasteiger partial charge in [-0.1, -0.05) is 19.0 Å². The van der Waals surface area contributed by atoms with Gasteiger partial charge in [-0.15, -0.1) is 0 Å². The van der Waals surface area contributed by atoms with Crippen LogP contribution >= 0.6 is 31.9 Å². The summed E-state index contributed by atoms with van der Waals surface area (Å²) in [4.78, 5) is 15.0. The van der Waals surface area contributed by atoms with Crippen LogP contribution in [0.4, 0.5) is 0 Å². The van der Waals surface area contributed by atoms with Crippen molar-refractivity contribution in [1.29, 1.82) is 0 Å². The summed E-state index contributed by atoms with van der Waals surface area (Å²) in [6, 6.07) is 3.36. The molecule has 0 amide bonds. The van der Waals surface area contributed by atoms with E-state index in [-0.39, 0.29) is 12.5 Å². The Kier molecular flexibility index (Phi) is 4.93. The minimum atomic E-state index is 0.164. The van der Waals surface area contributed by atoms with E-state index < -0.39 is 0 Å². The number of hydrogen-bond donors (Lipinski definition) is 0. The van der Waals surface area contributed by atoms with Crippen molar-refractivity contribution in [3.63, 3.8) is 0 Å². The van der Waals surface area contributed by atoms with Crippen LogP contribution < -0.4 is 4.74 Å². The summed E-state index contributed by atoms with van der Waals surface area (Å²) in [5, 5.41) is 3.86. The van der Waals surface area contributed by atoms with E-state index in [2.05, 4.69) is 42.0 Å². The highest BCUT2D eigenvalue weighted by molar-refractivity contribution is 9.11. The molecule has 0 aliphatic rings. The van der Waals surface area contributed by atoms with Crippen molar-refractivity contribution in [2.75, 3.05) is 0 Å². The maximum Gasteiger partial charge on any atom is 0.264 e. The summed E-state index contributed by atoms with van der Waals surface area (Å²) >= 11 is 6.72. The van der Waals surface area contributed by atoms with Crippen LogP contribution in [0.1, 0.15) is 41.8 Å². The molecule has 0 aliphatic heterocycles. The molecule has 2 aromatic rings. The average Bonchev–Trinajstić information content (AvgIpc) is 2.86. The van der Waals surface area contributed by atoms with Crippen molar-refractivity contribution in [3.05, 3.63) is 38.4 Å². The Balaban J connectivity index is 2.12. The van der Waals surface area contributed by atoms with Gasteiger partial charge in [0.2, 0.25) is 0 Å². The second-order valence-electron chi connectivity index (χ2n) is 4.42. The van der Waals surface area contributed by atoms with Crippen LogP contribution in [0.5, 0.6) is 5.75 Å². The van der Waals surface area contributed by atoms with E-state index in [0.29, 0.717) is 32.0 Å². The lowest BCUT2D eigenvalue weighted by Crippen LogP contribution is -1.99. The first-order valence-electron chi connectivity index (χ1n) is 5.90. The lowest BCUT2D eigenvalue weighted by molar-refractivity contribution is 0.112. The summed E-state index contributed by atoms with van der Waals surface area (Å²) < 4.78 is 12.1. The summed E-state index contributed by atoms with van der Waals surface area (Å²) in [5.41, 5.74) is 0.552. The van der Waals surface area contributed by atoms with Crippen molar-refractivity contribution in [2.45, 2.75) is 26.4 Å². The van der Waals surface area contributed by atoms with Crippen LogP contribution in [0.3, 0.4) is 0 Å². The van der Waals surface area contributed by atoms with Gasteiger partial charge in [0.05, 0.1) is 8.95 Å². The first-order chi connectivity index (χ1) is 9.51. The van der Waals surface area contributed by atoms with E-state index in [1.807, 2.05) is 13.8 Å². The minimum Gasteiger partial charge on any atom is -0.481 e. The number of aromatic nitrogens is 2. The first-order valence-corrected chi connectivity index (χ1v) is 7.49. The molecule has 0 atom stereocenters. The molecular weight excluding hydrogens is 392 g/mol. The fourth-order valence-corrected chi connectivity index (χ4v) is 2.93. The first kappa shape index (κ1) is 15.2. The number of ether oxygens (including phenoxy) is 1. The summed E-state index contributed by atoms with van der Waals surface area (Å²) in [6.07, 6.45) is 0.770. The molecule has 0 spiro atoms. The van der Waals surface area contributed by atoms with Crippen LogP contribution in [0.2, 0.25) is 0 Å². The smallest absolute Gasteiger partial charge is 0.264 e. The summed E-state index contributed by atoms with van der Waals surface area (Å²) in [7, 11) is 0. The number of carbonyl (C=O) groups excluding carboxylic acids is 1. The minimum absolute atomic E-state index is 0.164. The molecule has 0 fully saturated rings. The van der Waals surface area contributed by atoms with E-state index >= 15 is 0 Å². The zero-order valence-electron chi connectivity index (χ0n) is 10.9. The van der Waals surface area contributed by atoms with Crippen LogP contribution in [0, 0.1) is 0 Å². The molecule has 0 N–H and O–H groups in total. The lowest BCUT2D eigenvalue weighted by Gasteiger charge is -2.08. The lowest BCUT2D eigenvalue weighted by atomic mass is 10.2. The van der Waals surface area contributed by atoms with Crippen molar-refractivity contribution < 1.29 is 14.1 Å². The van der Waals surface area contributed by atoms with Gasteiger partial charge in [-0.2, -0.15) is 4.98 Å². The molecule has 1 aromatic carbocycles. The predicted molar refractivity (Wildman–Crippen MR) is 79.9 cm³/mol. The van der Waals surface area contributed by atoms with Crippen molar-refractivity contribution >= 4 is 38.1 Å². The highest BCUT2D eigenvalue weighted by Crippen LogP contribution is 2.34. The van der Waals surface area contributed by atoms with Crippen molar-refractivity contribution in [3.8, 4) is 5.75 Å². The summed E-state index contributed by atoms with van der Waals surface area (Å²) in [6.45, 7) is 4.14. The fraction of sp³-hybridized carbons (Fsp3) is 0.308. The zero-order valence-corrected chi connectivity index (χ0v) is 14.1. The second kappa shape index (κ2) is 6.49. The van der Waals surface area contributed by atoms with Crippen LogP contribution in [0.15, 0.2) is 25.6 Å². The molecule has 1 aromatic heterocycles. The van der Waals surface area contributed by atoms with Gasteiger partial charge in [0, 0.05) is 11.5 Å². The fourth-order valence-electron chi connectivity index (χ4n) is 1.48. The molecule has 0 radical (unpaired) electrons. The molecule has 20 heavy (non-hydrogen) atoms. The van der Waals surface area contributed by atoms with Gasteiger partial charge in [0.1, 0.15) is 12.0 Å². The van der Waals surface area contributed by atoms with E-state index in [9.17, 15) is 4.79 Å². The maximum atomic E-state index is 10.8. The van der Waals surface area contributed by atoms with Crippen molar-refractivity contribution in [2.24, 2.45) is 0 Å². The van der Waals surface area contributed by atoms with Crippen LogP contribution in [0.25, 0.3) is 0 Å². The third-order valence-corrected chi connectivity index (χ3v) is 3.67. The van der Waals surface area contributed by atoms with Gasteiger partial charge in [0.15, 0.2) is 12.4 Å². The third-order valence-electron chi connectivity index (χ3n) is 2.50. The SMILES string of the molecule is CC(C)c1noc(COc2c(Br)cc(C=O)cc2Br)n1. The Hall–Kier alpha value is -1.21. The Morgan fingerprint density at radius 3 is 2.50 bits per heavy atom. The van der Waals surface area contributed by atoms with Gasteiger partial charge < -0.3 is 9.26 Å². The Labute approximate surface area is 133 Å². The maximum absolute atomic E-state index is 10.8. The van der Waals surface area contributed by atoms with E-state index in [0.717, 1.165) is 6.29 Å². The van der Waals surface area contributed by atoms with Gasteiger partial charge in [0.25, 0.3) is 5.89 Å². The molecule has 0 saturated heterocycles. The van der Waals surface area contributed by atoms with E-state index in [1.165, 1.54) is 0 Å². The Bertz CT molecular complexity index is 603. The highest BCUT2D eigenvalue weighted by atomic mass is 79.9. The molecule has 5 nitrogen and oxygen atoms in total. The molecule has 0 aliphatic carbocycles. The molecule has 2 rings (SSSR count). The third kappa shape index (κ3) is 3.46. The number of hydrogen-bond acceptors (Lipinski definition) is 5. The van der Waals surface area contributed by atoms with Crippen LogP contribution in [-0.4, -0.2) is 16.4 Å². The summed E-state index contributed by atoms with van der Waals surface area (Å²) in [5.74, 6) is 1.85. The Morgan fingerprint density at radius 2 is 2.00 bits per heavy atom. The molecule has 106 valence electrons. The Morgan fingerprint density at radius 1 is 1.35 bits per heavy atom. The number of nitrogens with zero attached hydrogens (tertiary/aromatic N) is 2. The predicted octanol–water partition coefficient (Wildman–Crippen LogP) is 4.11. The molecular formula is C13H12Br2N2O3. The molecule has 0 unspecified atom stereocenters. The average molecular weight is 404 g/mol. The van der Waals surface area contributed by atoms with E-state index in [4.69, 9.17) is 9.26 Å². The van der Waals surface area contributed by atoms with E-state index in [1.54, 1.807) is 12.1 Å². The standard InChI is InChI=1S/C13H12Br2N2O3/c1-7(2)13-16-11(20-17-13)6-19-12-9(14)3-8(5-18)4-10(12)15/h3-5,7H,6H2,1-2H3. The molecule has 7 heteroatoms. The zero-order chi connectivity index (χ0) is 14.7. The normalized spacial score (nSPS) is 10.8. The topological polar surface area (TPSA) is 65.2 Å². The number of halogens is 2. The molecule has 0 saturated carbocycles. The number of aldehydes is 1.